The molecular formula is C22H23ClNO4+. The molecule has 6 heteroatoms. The fourth-order valence-electron chi connectivity index (χ4n) is 3.45. The standard InChI is InChI=1S/C22H21NO4.ClH/c1-23-12-16(8-14-4-6-18(25-2)10-20(14)24)22-17(13-23)9-15-5-7-19(26-3)11-21(15)27-22;/h4-11H,12-13H2,1-3H3;1H/p+1/b16-8-;. The van der Waals surface area contributed by atoms with E-state index in [1.54, 1.807) is 20.3 Å². The van der Waals surface area contributed by atoms with E-state index < -0.39 is 0 Å². The highest BCUT2D eigenvalue weighted by Crippen LogP contribution is 2.35. The average molecular weight is 401 g/mol. The number of rotatable bonds is 3. The molecule has 2 heterocycles. The Balaban J connectivity index is 0.00000225. The summed E-state index contributed by atoms with van der Waals surface area (Å²) in [4.78, 5) is 2.22. The van der Waals surface area contributed by atoms with Gasteiger partial charge in [-0.2, -0.15) is 0 Å². The molecule has 0 unspecified atom stereocenters. The number of methoxy groups -OCH3 is 2. The lowest BCUT2D eigenvalue weighted by Crippen LogP contribution is -2.25. The number of likely N-dealkylation sites (N-methyl/N-ethyl adjacent to an activating group) is 1. The summed E-state index contributed by atoms with van der Waals surface area (Å²) in [5, 5.41) is 11.4. The molecule has 3 aromatic rings. The van der Waals surface area contributed by atoms with Crippen LogP contribution in [0, 0.1) is 0 Å². The van der Waals surface area contributed by atoms with Gasteiger partial charge in [-0.3, -0.25) is 4.90 Å². The first-order chi connectivity index (χ1) is 13.1. The van der Waals surface area contributed by atoms with Crippen molar-refractivity contribution in [2.75, 3.05) is 27.8 Å². The summed E-state index contributed by atoms with van der Waals surface area (Å²) >= 11 is 0. The van der Waals surface area contributed by atoms with Crippen molar-refractivity contribution in [3.8, 4) is 17.2 Å². The second kappa shape index (κ2) is 8.09. The van der Waals surface area contributed by atoms with Crippen molar-refractivity contribution in [3.63, 3.8) is 0 Å². The largest absolute Gasteiger partial charge is 0.507 e. The van der Waals surface area contributed by atoms with Crippen molar-refractivity contribution in [3.05, 3.63) is 59.4 Å². The maximum atomic E-state index is 10.3. The van der Waals surface area contributed by atoms with E-state index in [1.807, 2.05) is 36.4 Å². The van der Waals surface area contributed by atoms with Gasteiger partial charge < -0.3 is 14.6 Å². The molecule has 4 rings (SSSR count). The van der Waals surface area contributed by atoms with Gasteiger partial charge in [0.2, 0.25) is 0 Å². The fourth-order valence-corrected chi connectivity index (χ4v) is 3.45. The van der Waals surface area contributed by atoms with Crippen LogP contribution in [0.1, 0.15) is 16.9 Å². The van der Waals surface area contributed by atoms with Gasteiger partial charge in [0.1, 0.15) is 17.2 Å². The molecule has 0 fully saturated rings. The maximum Gasteiger partial charge on any atom is 0.364 e. The van der Waals surface area contributed by atoms with Gasteiger partial charge in [0, 0.05) is 24.7 Å². The molecule has 0 spiro atoms. The molecule has 1 N–H and O–H groups in total. The Morgan fingerprint density at radius 3 is 2.43 bits per heavy atom. The Labute approximate surface area is 170 Å². The molecule has 0 bridgehead atoms. The van der Waals surface area contributed by atoms with Gasteiger partial charge in [0.15, 0.2) is 0 Å². The number of nitrogens with zero attached hydrogens (tertiary/aromatic N) is 1. The van der Waals surface area contributed by atoms with Crippen LogP contribution >= 0.6 is 12.4 Å². The Morgan fingerprint density at radius 1 is 1.00 bits per heavy atom. The molecule has 1 aliphatic rings. The zero-order chi connectivity index (χ0) is 19.0. The number of hydrogen-bond donors (Lipinski definition) is 1. The van der Waals surface area contributed by atoms with Crippen molar-refractivity contribution >= 4 is 35.0 Å². The summed E-state index contributed by atoms with van der Waals surface area (Å²) in [6.07, 6.45) is 1.97. The van der Waals surface area contributed by atoms with E-state index in [1.165, 1.54) is 0 Å². The van der Waals surface area contributed by atoms with Gasteiger partial charge in [-0.25, -0.2) is 4.42 Å². The first-order valence-electron chi connectivity index (χ1n) is 8.77. The van der Waals surface area contributed by atoms with Gasteiger partial charge in [-0.15, -0.1) is 12.4 Å². The minimum Gasteiger partial charge on any atom is -0.507 e. The third-order valence-corrected chi connectivity index (χ3v) is 4.79. The van der Waals surface area contributed by atoms with Crippen LogP contribution in [0.15, 0.2) is 46.9 Å². The molecule has 0 atom stereocenters. The molecule has 1 aliphatic heterocycles. The van der Waals surface area contributed by atoms with Crippen molar-refractivity contribution in [1.82, 2.24) is 4.90 Å². The predicted molar refractivity (Wildman–Crippen MR) is 113 cm³/mol. The number of hydrogen-bond acceptors (Lipinski definition) is 4. The molecule has 0 amide bonds. The molecule has 0 radical (unpaired) electrons. The molecule has 5 nitrogen and oxygen atoms in total. The van der Waals surface area contributed by atoms with Gasteiger partial charge >= 0.3 is 11.3 Å². The van der Waals surface area contributed by atoms with E-state index in [2.05, 4.69) is 18.0 Å². The average Bonchev–Trinajstić information content (AvgIpc) is 2.67. The molecular weight excluding hydrogens is 378 g/mol. The first-order valence-corrected chi connectivity index (χ1v) is 8.77. The number of phenols is 1. The van der Waals surface area contributed by atoms with E-state index >= 15 is 0 Å². The first kappa shape index (κ1) is 20.0. The van der Waals surface area contributed by atoms with Crippen LogP contribution in [-0.4, -0.2) is 37.8 Å². The summed E-state index contributed by atoms with van der Waals surface area (Å²) in [5.41, 5.74) is 3.65. The summed E-state index contributed by atoms with van der Waals surface area (Å²) < 4.78 is 16.7. The van der Waals surface area contributed by atoms with Crippen LogP contribution in [0.2, 0.25) is 0 Å². The van der Waals surface area contributed by atoms with E-state index in [0.717, 1.165) is 52.3 Å². The number of halogens is 1. The lowest BCUT2D eigenvalue weighted by molar-refractivity contribution is 0.346. The van der Waals surface area contributed by atoms with Crippen LogP contribution in [0.3, 0.4) is 0 Å². The number of ether oxygens (including phenoxy) is 2. The highest BCUT2D eigenvalue weighted by molar-refractivity contribution is 5.87. The second-order valence-corrected chi connectivity index (χ2v) is 6.77. The van der Waals surface area contributed by atoms with Gasteiger partial charge in [-0.05, 0) is 43.5 Å². The number of aromatic hydroxyl groups is 1. The quantitative estimate of drug-likeness (QED) is 0.637. The molecule has 2 aromatic carbocycles. The van der Waals surface area contributed by atoms with Gasteiger partial charge in [0.25, 0.3) is 0 Å². The summed E-state index contributed by atoms with van der Waals surface area (Å²) in [5.74, 6) is 2.42. The molecule has 28 heavy (non-hydrogen) atoms. The van der Waals surface area contributed by atoms with Crippen LogP contribution < -0.4 is 9.47 Å². The lowest BCUT2D eigenvalue weighted by Gasteiger charge is -2.22. The van der Waals surface area contributed by atoms with Crippen molar-refractivity contribution in [2.24, 2.45) is 0 Å². The predicted octanol–water partition coefficient (Wildman–Crippen LogP) is 4.84. The zero-order valence-corrected chi connectivity index (χ0v) is 16.9. The maximum absolute atomic E-state index is 10.3. The van der Waals surface area contributed by atoms with Crippen molar-refractivity contribution in [1.29, 1.82) is 0 Å². The third kappa shape index (κ3) is 3.77. The van der Waals surface area contributed by atoms with Crippen LogP contribution in [0.4, 0.5) is 0 Å². The molecule has 0 saturated heterocycles. The third-order valence-electron chi connectivity index (χ3n) is 4.79. The van der Waals surface area contributed by atoms with Crippen molar-refractivity contribution < 1.29 is 19.0 Å². The summed E-state index contributed by atoms with van der Waals surface area (Å²) in [7, 11) is 5.30. The van der Waals surface area contributed by atoms with Gasteiger partial charge in [0.05, 0.1) is 36.8 Å². The van der Waals surface area contributed by atoms with E-state index in [0.29, 0.717) is 5.75 Å². The monoisotopic (exact) mass is 400 g/mol. The highest BCUT2D eigenvalue weighted by atomic mass is 35.5. The minimum absolute atomic E-state index is 0. The normalized spacial score (nSPS) is 15.2. The molecule has 0 aliphatic carbocycles. The zero-order valence-electron chi connectivity index (χ0n) is 16.1. The number of fused-ring (bicyclic) bond motifs is 2. The van der Waals surface area contributed by atoms with Gasteiger partial charge in [-0.1, -0.05) is 0 Å². The topological polar surface area (TPSA) is 53.2 Å². The molecule has 146 valence electrons. The SMILES string of the molecule is COc1ccc(/C=C2/CN(C)Cc3cc4ccc(OC)cc4[o+]c32)c(O)c1.Cl. The minimum atomic E-state index is 0. The lowest BCUT2D eigenvalue weighted by atomic mass is 9.98. The van der Waals surface area contributed by atoms with E-state index in [4.69, 9.17) is 13.9 Å². The molecule has 1 aromatic heterocycles. The smallest absolute Gasteiger partial charge is 0.364 e. The van der Waals surface area contributed by atoms with E-state index in [9.17, 15) is 5.11 Å². The molecule has 0 saturated carbocycles. The van der Waals surface area contributed by atoms with Crippen LogP contribution in [0.5, 0.6) is 17.2 Å². The second-order valence-electron chi connectivity index (χ2n) is 6.77. The van der Waals surface area contributed by atoms with E-state index in [-0.39, 0.29) is 18.2 Å². The number of phenolic OH excluding ortho intramolecular Hbond substituents is 1. The highest BCUT2D eigenvalue weighted by Gasteiger charge is 2.30. The van der Waals surface area contributed by atoms with Crippen LogP contribution in [-0.2, 0) is 6.54 Å². The Morgan fingerprint density at radius 2 is 1.71 bits per heavy atom. The fraction of sp³-hybridized carbons (Fsp3) is 0.227. The summed E-state index contributed by atoms with van der Waals surface area (Å²) in [6.45, 7) is 1.55. The Bertz CT molecular complexity index is 1050. The summed E-state index contributed by atoms with van der Waals surface area (Å²) in [6, 6.07) is 13.3. The van der Waals surface area contributed by atoms with Crippen LogP contribution in [0.25, 0.3) is 22.6 Å². The van der Waals surface area contributed by atoms with Crippen molar-refractivity contribution in [2.45, 2.75) is 6.54 Å². The number of benzene rings is 2. The Hall–Kier alpha value is -2.76. The Kier molecular flexibility index (Phi) is 5.77.